The van der Waals surface area contributed by atoms with Crippen LogP contribution in [0.25, 0.3) is 33.2 Å². The second-order valence-corrected chi connectivity index (χ2v) is 7.74. The van der Waals surface area contributed by atoms with Crippen molar-refractivity contribution in [3.63, 3.8) is 0 Å². The zero-order chi connectivity index (χ0) is 21.2. The minimum atomic E-state index is 0.686. The smallest absolute Gasteiger partial charge is 0.146 e. The van der Waals surface area contributed by atoms with Crippen LogP contribution < -0.4 is 10.8 Å². The fourth-order valence-corrected chi connectivity index (χ4v) is 3.66. The molecule has 0 radical (unpaired) electrons. The van der Waals surface area contributed by atoms with Gasteiger partial charge >= 0.3 is 0 Å². The van der Waals surface area contributed by atoms with E-state index in [-0.39, 0.29) is 0 Å². The first kappa shape index (κ1) is 19.3. The van der Waals surface area contributed by atoms with E-state index in [4.69, 9.17) is 21.1 Å². The van der Waals surface area contributed by atoms with E-state index >= 15 is 0 Å². The molecule has 4 nitrogen and oxygen atoms in total. The standard InChI is InChI=1S/C26H20ClN3O/c1-2-17-7-13-24-21(15-17)23(16-25(31-24)19-8-11-20(27)12-9-19)29-30-26-14-10-18-5-3-4-6-22(18)28-26/h3-16H,2H2,1H3,(H,28,30). The van der Waals surface area contributed by atoms with E-state index in [2.05, 4.69) is 29.5 Å². The highest BCUT2D eigenvalue weighted by Gasteiger charge is 2.07. The largest absolute Gasteiger partial charge is 0.456 e. The van der Waals surface area contributed by atoms with Gasteiger partial charge in [-0.1, -0.05) is 42.8 Å². The van der Waals surface area contributed by atoms with Gasteiger partial charge in [-0.2, -0.15) is 5.10 Å². The summed E-state index contributed by atoms with van der Waals surface area (Å²) in [5.74, 6) is 1.41. The lowest BCUT2D eigenvalue weighted by Gasteiger charge is -2.07. The lowest BCUT2D eigenvalue weighted by atomic mass is 10.1. The van der Waals surface area contributed by atoms with Gasteiger partial charge in [0.25, 0.3) is 0 Å². The molecular formula is C26H20ClN3O. The Hall–Kier alpha value is -3.63. The van der Waals surface area contributed by atoms with Crippen LogP contribution in [0.4, 0.5) is 5.82 Å². The van der Waals surface area contributed by atoms with Gasteiger partial charge in [-0.05, 0) is 66.6 Å². The number of aromatic nitrogens is 1. The molecule has 0 aliphatic heterocycles. The van der Waals surface area contributed by atoms with E-state index in [1.54, 1.807) is 0 Å². The summed E-state index contributed by atoms with van der Waals surface area (Å²) >= 11 is 6.05. The highest BCUT2D eigenvalue weighted by atomic mass is 35.5. The Kier molecular flexibility index (Phi) is 5.14. The SMILES string of the molecule is CCc1ccc2oc(-c3ccc(Cl)cc3)cc(=NNc3ccc4ccccc4n3)c2c1. The molecule has 5 aromatic rings. The zero-order valence-corrected chi connectivity index (χ0v) is 17.7. The molecule has 0 amide bonds. The van der Waals surface area contributed by atoms with E-state index in [1.165, 1.54) is 5.56 Å². The number of fused-ring (bicyclic) bond motifs is 2. The third-order valence-corrected chi connectivity index (χ3v) is 5.49. The number of pyridine rings is 1. The van der Waals surface area contributed by atoms with Crippen molar-refractivity contribution in [2.24, 2.45) is 5.10 Å². The van der Waals surface area contributed by atoms with Gasteiger partial charge in [0.05, 0.1) is 10.9 Å². The van der Waals surface area contributed by atoms with Crippen molar-refractivity contribution in [2.45, 2.75) is 13.3 Å². The van der Waals surface area contributed by atoms with Crippen molar-refractivity contribution in [1.29, 1.82) is 0 Å². The fraction of sp³-hybridized carbons (Fsp3) is 0.0769. The molecule has 0 saturated carbocycles. The van der Waals surface area contributed by atoms with Crippen LogP contribution in [0.15, 0.2) is 94.4 Å². The lowest BCUT2D eigenvalue weighted by Crippen LogP contribution is -2.08. The van der Waals surface area contributed by atoms with Crippen LogP contribution in [0.2, 0.25) is 5.02 Å². The van der Waals surface area contributed by atoms with Crippen molar-refractivity contribution in [1.82, 2.24) is 4.98 Å². The number of rotatable bonds is 4. The van der Waals surface area contributed by atoms with Gasteiger partial charge in [0.1, 0.15) is 17.2 Å². The highest BCUT2D eigenvalue weighted by Crippen LogP contribution is 2.24. The number of benzene rings is 3. The summed E-state index contributed by atoms with van der Waals surface area (Å²) in [6.07, 6.45) is 0.938. The van der Waals surface area contributed by atoms with Crippen LogP contribution >= 0.6 is 11.6 Å². The molecule has 2 heterocycles. The molecule has 5 heteroatoms. The number of nitrogens with one attached hydrogen (secondary N) is 1. The number of halogens is 1. The highest BCUT2D eigenvalue weighted by molar-refractivity contribution is 6.30. The maximum absolute atomic E-state index is 6.19. The van der Waals surface area contributed by atoms with Crippen molar-refractivity contribution < 1.29 is 4.42 Å². The number of para-hydroxylation sites is 1. The summed E-state index contributed by atoms with van der Waals surface area (Å²) < 4.78 is 6.19. The summed E-state index contributed by atoms with van der Waals surface area (Å²) in [7, 11) is 0. The Labute approximate surface area is 184 Å². The molecule has 2 aromatic heterocycles. The maximum Gasteiger partial charge on any atom is 0.146 e. The maximum atomic E-state index is 6.19. The second kappa shape index (κ2) is 8.25. The Morgan fingerprint density at radius 1 is 0.935 bits per heavy atom. The minimum absolute atomic E-state index is 0.686. The predicted octanol–water partition coefficient (Wildman–Crippen LogP) is 6.79. The number of nitrogens with zero attached hydrogens (tertiary/aromatic N) is 2. The van der Waals surface area contributed by atoms with Gasteiger partial charge in [0.2, 0.25) is 0 Å². The first-order valence-corrected chi connectivity index (χ1v) is 10.6. The van der Waals surface area contributed by atoms with Crippen LogP contribution in [0, 0.1) is 0 Å². The number of aryl methyl sites for hydroxylation is 1. The number of hydrogen-bond donors (Lipinski definition) is 1. The molecule has 0 atom stereocenters. The average Bonchev–Trinajstić information content (AvgIpc) is 2.82. The molecule has 31 heavy (non-hydrogen) atoms. The van der Waals surface area contributed by atoms with Crippen molar-refractivity contribution >= 4 is 39.3 Å². The molecule has 0 saturated heterocycles. The third kappa shape index (κ3) is 4.03. The van der Waals surface area contributed by atoms with Gasteiger partial charge in [-0.25, -0.2) is 4.98 Å². The molecule has 0 aliphatic rings. The normalized spacial score (nSPS) is 11.9. The second-order valence-electron chi connectivity index (χ2n) is 7.30. The molecule has 0 fully saturated rings. The summed E-state index contributed by atoms with van der Waals surface area (Å²) in [4.78, 5) is 4.65. The van der Waals surface area contributed by atoms with Crippen LogP contribution in [0.1, 0.15) is 12.5 Å². The first-order chi connectivity index (χ1) is 15.2. The summed E-state index contributed by atoms with van der Waals surface area (Å²) in [6.45, 7) is 2.13. The molecule has 1 N–H and O–H groups in total. The Bertz CT molecular complexity index is 1460. The minimum Gasteiger partial charge on any atom is -0.456 e. The van der Waals surface area contributed by atoms with E-state index in [1.807, 2.05) is 72.8 Å². The van der Waals surface area contributed by atoms with Gasteiger partial charge in [0.15, 0.2) is 0 Å². The van der Waals surface area contributed by atoms with Crippen molar-refractivity contribution in [3.8, 4) is 11.3 Å². The monoisotopic (exact) mass is 425 g/mol. The molecule has 152 valence electrons. The number of hydrogen-bond acceptors (Lipinski definition) is 4. The summed E-state index contributed by atoms with van der Waals surface area (Å²) in [6, 6.07) is 27.7. The molecule has 0 bridgehead atoms. The van der Waals surface area contributed by atoms with Crippen LogP contribution in [-0.4, -0.2) is 4.98 Å². The summed E-state index contributed by atoms with van der Waals surface area (Å²) in [5.41, 5.74) is 6.98. The van der Waals surface area contributed by atoms with Gasteiger partial charge in [-0.3, -0.25) is 5.43 Å². The third-order valence-electron chi connectivity index (χ3n) is 5.23. The predicted molar refractivity (Wildman–Crippen MR) is 127 cm³/mol. The van der Waals surface area contributed by atoms with Crippen molar-refractivity contribution in [3.05, 3.63) is 101 Å². The van der Waals surface area contributed by atoms with E-state index < -0.39 is 0 Å². The first-order valence-electron chi connectivity index (χ1n) is 10.2. The van der Waals surface area contributed by atoms with Crippen molar-refractivity contribution in [2.75, 3.05) is 5.43 Å². The fourth-order valence-electron chi connectivity index (χ4n) is 3.53. The van der Waals surface area contributed by atoms with E-state index in [9.17, 15) is 0 Å². The lowest BCUT2D eigenvalue weighted by molar-refractivity contribution is 0.618. The van der Waals surface area contributed by atoms with E-state index in [0.29, 0.717) is 10.8 Å². The Balaban J connectivity index is 1.63. The van der Waals surface area contributed by atoms with Crippen LogP contribution in [-0.2, 0) is 6.42 Å². The van der Waals surface area contributed by atoms with Crippen LogP contribution in [0.5, 0.6) is 0 Å². The molecule has 3 aromatic carbocycles. The molecule has 5 rings (SSSR count). The van der Waals surface area contributed by atoms with E-state index in [0.717, 1.165) is 45.0 Å². The molecule has 0 spiro atoms. The topological polar surface area (TPSA) is 50.4 Å². The van der Waals surface area contributed by atoms with Gasteiger partial charge < -0.3 is 4.42 Å². The Morgan fingerprint density at radius 2 is 1.77 bits per heavy atom. The molecular weight excluding hydrogens is 406 g/mol. The summed E-state index contributed by atoms with van der Waals surface area (Å²) in [5, 5.41) is 8.21. The van der Waals surface area contributed by atoms with Gasteiger partial charge in [0, 0.05) is 27.4 Å². The van der Waals surface area contributed by atoms with Crippen LogP contribution in [0.3, 0.4) is 0 Å². The number of anilines is 1. The van der Waals surface area contributed by atoms with Gasteiger partial charge in [-0.15, -0.1) is 0 Å². The zero-order valence-electron chi connectivity index (χ0n) is 17.0. The Morgan fingerprint density at radius 3 is 2.61 bits per heavy atom. The average molecular weight is 426 g/mol. The molecule has 0 unspecified atom stereocenters. The quantitative estimate of drug-likeness (QED) is 0.322. The molecule has 0 aliphatic carbocycles.